The number of aromatic nitrogens is 3. The molecule has 1 aliphatic heterocycles. The van der Waals surface area contributed by atoms with Gasteiger partial charge in [-0.2, -0.15) is 0 Å². The van der Waals surface area contributed by atoms with Crippen molar-refractivity contribution in [3.05, 3.63) is 47.8 Å². The number of rotatable bonds is 8. The van der Waals surface area contributed by atoms with Gasteiger partial charge in [0.25, 0.3) is 0 Å². The Bertz CT molecular complexity index is 628. The Morgan fingerprint density at radius 3 is 2.80 bits per heavy atom. The summed E-state index contributed by atoms with van der Waals surface area (Å²) in [4.78, 5) is 0. The lowest BCUT2D eigenvalue weighted by Crippen LogP contribution is -2.37. The fraction of sp³-hybridized carbons (Fsp3) is 0.600. The molecular formula is C20H30N4O. The molecular weight excluding hydrogens is 312 g/mol. The fourth-order valence-corrected chi connectivity index (χ4v) is 3.65. The van der Waals surface area contributed by atoms with Crippen LogP contribution in [-0.4, -0.2) is 39.3 Å². The number of benzene rings is 1. The number of hydrogen-bond acceptors (Lipinski definition) is 4. The SMILES string of the molecule is CC1CNCC(Cn2cc(CCC(O)CCc3ccccc3)nn2)C1. The van der Waals surface area contributed by atoms with Crippen molar-refractivity contribution < 1.29 is 5.11 Å². The largest absolute Gasteiger partial charge is 0.393 e. The third kappa shape index (κ3) is 5.94. The van der Waals surface area contributed by atoms with Crippen molar-refractivity contribution in [2.24, 2.45) is 11.8 Å². The van der Waals surface area contributed by atoms with Gasteiger partial charge in [-0.3, -0.25) is 4.68 Å². The van der Waals surface area contributed by atoms with Crippen LogP contribution in [0.1, 0.15) is 37.4 Å². The van der Waals surface area contributed by atoms with Gasteiger partial charge in [-0.1, -0.05) is 42.5 Å². The first-order chi connectivity index (χ1) is 12.2. The van der Waals surface area contributed by atoms with Crippen LogP contribution in [0.5, 0.6) is 0 Å². The van der Waals surface area contributed by atoms with E-state index in [0.29, 0.717) is 5.92 Å². The van der Waals surface area contributed by atoms with Gasteiger partial charge in [0.2, 0.25) is 0 Å². The zero-order valence-electron chi connectivity index (χ0n) is 15.1. The molecule has 1 aliphatic rings. The molecule has 25 heavy (non-hydrogen) atoms. The van der Waals surface area contributed by atoms with Gasteiger partial charge < -0.3 is 10.4 Å². The van der Waals surface area contributed by atoms with Gasteiger partial charge in [0, 0.05) is 12.7 Å². The average Bonchev–Trinajstić information content (AvgIpc) is 3.06. The lowest BCUT2D eigenvalue weighted by molar-refractivity contribution is 0.155. The molecule has 0 aliphatic carbocycles. The molecule has 1 aromatic carbocycles. The Labute approximate surface area is 150 Å². The number of aliphatic hydroxyl groups is 1. The summed E-state index contributed by atoms with van der Waals surface area (Å²) in [5.74, 6) is 1.37. The number of nitrogens with zero attached hydrogens (tertiary/aromatic N) is 3. The molecule has 0 saturated carbocycles. The van der Waals surface area contributed by atoms with Crippen LogP contribution >= 0.6 is 0 Å². The molecule has 5 nitrogen and oxygen atoms in total. The summed E-state index contributed by atoms with van der Waals surface area (Å²) < 4.78 is 1.97. The quantitative estimate of drug-likeness (QED) is 0.773. The monoisotopic (exact) mass is 342 g/mol. The van der Waals surface area contributed by atoms with Crippen LogP contribution in [0.25, 0.3) is 0 Å². The Balaban J connectivity index is 1.39. The molecule has 1 fully saturated rings. The lowest BCUT2D eigenvalue weighted by atomic mass is 9.92. The first-order valence-electron chi connectivity index (χ1n) is 9.50. The summed E-state index contributed by atoms with van der Waals surface area (Å²) in [6.45, 7) is 5.42. The van der Waals surface area contributed by atoms with E-state index in [1.54, 1.807) is 0 Å². The predicted molar refractivity (Wildman–Crippen MR) is 99.3 cm³/mol. The number of nitrogens with one attached hydrogen (secondary N) is 1. The number of hydrogen-bond donors (Lipinski definition) is 2. The maximum atomic E-state index is 10.2. The van der Waals surface area contributed by atoms with Crippen molar-refractivity contribution in [2.75, 3.05) is 13.1 Å². The van der Waals surface area contributed by atoms with E-state index in [0.717, 1.165) is 56.9 Å². The minimum Gasteiger partial charge on any atom is -0.393 e. The van der Waals surface area contributed by atoms with Crippen LogP contribution in [0.4, 0.5) is 0 Å². The maximum Gasteiger partial charge on any atom is 0.0828 e. The number of aliphatic hydroxyl groups excluding tert-OH is 1. The zero-order valence-corrected chi connectivity index (χ0v) is 15.1. The minimum absolute atomic E-state index is 0.284. The normalized spacial score (nSPS) is 22.0. The standard InChI is InChI=1S/C20H30N4O/c1-16-11-18(13-21-12-16)14-24-15-19(22-23-24)8-10-20(25)9-7-17-5-3-2-4-6-17/h2-6,15-16,18,20-21,25H,7-14H2,1H3. The van der Waals surface area contributed by atoms with Crippen molar-refractivity contribution in [1.29, 1.82) is 0 Å². The summed E-state index contributed by atoms with van der Waals surface area (Å²) in [7, 11) is 0. The second-order valence-electron chi connectivity index (χ2n) is 7.51. The third-order valence-corrected chi connectivity index (χ3v) is 5.04. The molecule has 2 heterocycles. The summed E-state index contributed by atoms with van der Waals surface area (Å²) in [5.41, 5.74) is 2.26. The first kappa shape index (κ1) is 18.1. The molecule has 5 heteroatoms. The van der Waals surface area contributed by atoms with E-state index in [4.69, 9.17) is 0 Å². The van der Waals surface area contributed by atoms with Gasteiger partial charge >= 0.3 is 0 Å². The average molecular weight is 342 g/mol. The van der Waals surface area contributed by atoms with Gasteiger partial charge in [0.15, 0.2) is 0 Å². The van der Waals surface area contributed by atoms with Crippen molar-refractivity contribution in [1.82, 2.24) is 20.3 Å². The minimum atomic E-state index is -0.284. The van der Waals surface area contributed by atoms with Gasteiger partial charge in [0.05, 0.1) is 11.8 Å². The van der Waals surface area contributed by atoms with Crippen LogP contribution in [0.3, 0.4) is 0 Å². The van der Waals surface area contributed by atoms with Crippen molar-refractivity contribution in [2.45, 2.75) is 51.7 Å². The van der Waals surface area contributed by atoms with Gasteiger partial charge in [-0.25, -0.2) is 0 Å². The second kappa shape index (κ2) is 9.11. The Morgan fingerprint density at radius 2 is 2.00 bits per heavy atom. The molecule has 2 aromatic rings. The van der Waals surface area contributed by atoms with Crippen molar-refractivity contribution in [3.63, 3.8) is 0 Å². The molecule has 1 saturated heterocycles. The highest BCUT2D eigenvalue weighted by atomic mass is 16.3. The summed E-state index contributed by atoms with van der Waals surface area (Å²) >= 11 is 0. The Kier molecular flexibility index (Phi) is 6.59. The van der Waals surface area contributed by atoms with Crippen molar-refractivity contribution in [3.8, 4) is 0 Å². The van der Waals surface area contributed by atoms with Crippen LogP contribution < -0.4 is 5.32 Å². The number of piperidine rings is 1. The van der Waals surface area contributed by atoms with E-state index in [-0.39, 0.29) is 6.10 Å². The molecule has 0 radical (unpaired) electrons. The van der Waals surface area contributed by atoms with E-state index in [1.807, 2.05) is 29.1 Å². The van der Waals surface area contributed by atoms with E-state index >= 15 is 0 Å². The molecule has 0 amide bonds. The van der Waals surface area contributed by atoms with Crippen molar-refractivity contribution >= 4 is 0 Å². The maximum absolute atomic E-state index is 10.2. The second-order valence-corrected chi connectivity index (χ2v) is 7.51. The first-order valence-corrected chi connectivity index (χ1v) is 9.50. The van der Waals surface area contributed by atoms with E-state index in [1.165, 1.54) is 12.0 Å². The molecule has 3 rings (SSSR count). The Hall–Kier alpha value is -1.72. The molecule has 3 atom stereocenters. The molecule has 1 aromatic heterocycles. The highest BCUT2D eigenvalue weighted by Crippen LogP contribution is 2.17. The fourth-order valence-electron chi connectivity index (χ4n) is 3.65. The van der Waals surface area contributed by atoms with E-state index < -0.39 is 0 Å². The van der Waals surface area contributed by atoms with Crippen LogP contribution in [0.2, 0.25) is 0 Å². The molecule has 136 valence electrons. The van der Waals surface area contributed by atoms with E-state index in [9.17, 15) is 5.11 Å². The highest BCUT2D eigenvalue weighted by molar-refractivity contribution is 5.14. The van der Waals surface area contributed by atoms with E-state index in [2.05, 4.69) is 34.7 Å². The van der Waals surface area contributed by atoms with Crippen LogP contribution in [0.15, 0.2) is 36.5 Å². The smallest absolute Gasteiger partial charge is 0.0828 e. The number of aryl methyl sites for hydroxylation is 2. The summed E-state index contributed by atoms with van der Waals surface area (Å²) in [6.07, 6.45) is 6.26. The van der Waals surface area contributed by atoms with Gasteiger partial charge in [-0.15, -0.1) is 5.10 Å². The molecule has 0 bridgehead atoms. The highest BCUT2D eigenvalue weighted by Gasteiger charge is 2.19. The molecule has 3 unspecified atom stereocenters. The van der Waals surface area contributed by atoms with Crippen LogP contribution in [0, 0.1) is 11.8 Å². The predicted octanol–water partition coefficient (Wildman–Crippen LogP) is 2.45. The topological polar surface area (TPSA) is 63.0 Å². The summed E-state index contributed by atoms with van der Waals surface area (Å²) in [5, 5.41) is 22.2. The molecule has 2 N–H and O–H groups in total. The third-order valence-electron chi connectivity index (χ3n) is 5.04. The zero-order chi connectivity index (χ0) is 17.5. The Morgan fingerprint density at radius 1 is 1.20 bits per heavy atom. The molecule has 0 spiro atoms. The lowest BCUT2D eigenvalue weighted by Gasteiger charge is -2.27. The summed E-state index contributed by atoms with van der Waals surface area (Å²) in [6, 6.07) is 10.3. The van der Waals surface area contributed by atoms with Gasteiger partial charge in [0.1, 0.15) is 0 Å². The van der Waals surface area contributed by atoms with Crippen LogP contribution in [-0.2, 0) is 19.4 Å². The van der Waals surface area contributed by atoms with Gasteiger partial charge in [-0.05, 0) is 62.6 Å².